The Hall–Kier alpha value is -1.77. The van der Waals surface area contributed by atoms with E-state index in [-0.39, 0.29) is 5.91 Å². The number of amides is 1. The number of carbonyl (C=O) groups excluding carboxylic acids is 1. The first-order chi connectivity index (χ1) is 8.19. The maximum absolute atomic E-state index is 12.4. The van der Waals surface area contributed by atoms with Crippen molar-refractivity contribution in [3.05, 3.63) is 35.6 Å². The molecule has 0 radical (unpaired) electrons. The van der Waals surface area contributed by atoms with Crippen LogP contribution in [0.15, 0.2) is 28.7 Å². The highest BCUT2D eigenvalue weighted by molar-refractivity contribution is 6.07. The van der Waals surface area contributed by atoms with Gasteiger partial charge in [0.15, 0.2) is 0 Å². The van der Waals surface area contributed by atoms with Gasteiger partial charge in [-0.25, -0.2) is 0 Å². The molecule has 17 heavy (non-hydrogen) atoms. The van der Waals surface area contributed by atoms with Gasteiger partial charge in [0, 0.05) is 18.5 Å². The first kappa shape index (κ1) is 11.7. The van der Waals surface area contributed by atoms with Gasteiger partial charge < -0.3 is 9.32 Å². The molecular formula is C14H17NO2. The monoisotopic (exact) mass is 231 g/mol. The summed E-state index contributed by atoms with van der Waals surface area (Å²) in [5.41, 5.74) is 1.48. The zero-order chi connectivity index (χ0) is 12.4. The second kappa shape index (κ2) is 4.62. The van der Waals surface area contributed by atoms with Crippen LogP contribution in [0.1, 0.15) is 30.0 Å². The van der Waals surface area contributed by atoms with Crippen molar-refractivity contribution in [1.82, 2.24) is 4.90 Å². The first-order valence-corrected chi connectivity index (χ1v) is 5.96. The molecule has 0 spiro atoms. The number of carbonyl (C=O) groups is 1. The molecule has 0 N–H and O–H groups in total. The van der Waals surface area contributed by atoms with E-state index < -0.39 is 0 Å². The Kier molecular flexibility index (Phi) is 3.18. The van der Waals surface area contributed by atoms with Crippen molar-refractivity contribution in [3.8, 4) is 0 Å². The third-order valence-electron chi connectivity index (χ3n) is 3.04. The third-order valence-corrected chi connectivity index (χ3v) is 3.04. The van der Waals surface area contributed by atoms with E-state index in [1.54, 1.807) is 0 Å². The maximum Gasteiger partial charge on any atom is 0.258 e. The Bertz CT molecular complexity index is 538. The summed E-state index contributed by atoms with van der Waals surface area (Å²) in [7, 11) is 0. The summed E-state index contributed by atoms with van der Waals surface area (Å²) in [4.78, 5) is 14.2. The molecule has 0 aliphatic rings. The normalized spacial score (nSPS) is 10.8. The fourth-order valence-electron chi connectivity index (χ4n) is 2.10. The van der Waals surface area contributed by atoms with Crippen LogP contribution >= 0.6 is 0 Å². The lowest BCUT2D eigenvalue weighted by Crippen LogP contribution is -2.30. The van der Waals surface area contributed by atoms with E-state index in [1.165, 1.54) is 0 Å². The van der Waals surface area contributed by atoms with Crippen LogP contribution in [0.25, 0.3) is 11.0 Å². The molecule has 0 aliphatic carbocycles. The SMILES string of the molecule is CCN(CC)C(=O)c1c(C)oc2ccccc12. The van der Waals surface area contributed by atoms with E-state index in [9.17, 15) is 4.79 Å². The second-order valence-electron chi connectivity index (χ2n) is 4.01. The molecule has 2 rings (SSSR count). The first-order valence-electron chi connectivity index (χ1n) is 5.96. The van der Waals surface area contributed by atoms with Crippen LogP contribution in [0.4, 0.5) is 0 Å². The summed E-state index contributed by atoms with van der Waals surface area (Å²) in [6.07, 6.45) is 0. The molecule has 1 aromatic heterocycles. The number of furan rings is 1. The molecule has 0 saturated heterocycles. The number of para-hydroxylation sites is 1. The summed E-state index contributed by atoms with van der Waals surface area (Å²) in [6, 6.07) is 7.66. The molecule has 3 nitrogen and oxygen atoms in total. The smallest absolute Gasteiger partial charge is 0.258 e. The van der Waals surface area contributed by atoms with Gasteiger partial charge in [-0.2, -0.15) is 0 Å². The van der Waals surface area contributed by atoms with Crippen LogP contribution in [-0.4, -0.2) is 23.9 Å². The number of benzene rings is 1. The predicted octanol–water partition coefficient (Wildman–Crippen LogP) is 3.22. The van der Waals surface area contributed by atoms with E-state index in [4.69, 9.17) is 4.42 Å². The van der Waals surface area contributed by atoms with E-state index in [0.717, 1.165) is 11.0 Å². The van der Waals surface area contributed by atoms with Gasteiger partial charge in [0.1, 0.15) is 11.3 Å². The lowest BCUT2D eigenvalue weighted by molar-refractivity contribution is 0.0773. The van der Waals surface area contributed by atoms with Crippen LogP contribution in [-0.2, 0) is 0 Å². The summed E-state index contributed by atoms with van der Waals surface area (Å²) in [5.74, 6) is 0.751. The lowest BCUT2D eigenvalue weighted by atomic mass is 10.1. The van der Waals surface area contributed by atoms with Gasteiger partial charge in [-0.1, -0.05) is 18.2 Å². The van der Waals surface area contributed by atoms with Crippen LogP contribution in [0, 0.1) is 6.92 Å². The highest BCUT2D eigenvalue weighted by Crippen LogP contribution is 2.26. The molecule has 0 atom stereocenters. The van der Waals surface area contributed by atoms with Gasteiger partial charge in [-0.15, -0.1) is 0 Å². The fourth-order valence-corrected chi connectivity index (χ4v) is 2.10. The molecule has 0 unspecified atom stereocenters. The van der Waals surface area contributed by atoms with Crippen molar-refractivity contribution in [3.63, 3.8) is 0 Å². The van der Waals surface area contributed by atoms with Crippen molar-refractivity contribution in [2.75, 3.05) is 13.1 Å². The zero-order valence-corrected chi connectivity index (χ0v) is 10.5. The zero-order valence-electron chi connectivity index (χ0n) is 10.5. The molecule has 0 bridgehead atoms. The van der Waals surface area contributed by atoms with Crippen molar-refractivity contribution >= 4 is 16.9 Å². The highest BCUT2D eigenvalue weighted by Gasteiger charge is 2.21. The average molecular weight is 231 g/mol. The summed E-state index contributed by atoms with van der Waals surface area (Å²) >= 11 is 0. The largest absolute Gasteiger partial charge is 0.461 e. The molecule has 0 fully saturated rings. The standard InChI is InChI=1S/C14H17NO2/c1-4-15(5-2)14(16)13-10(3)17-12-9-7-6-8-11(12)13/h6-9H,4-5H2,1-3H3. The minimum Gasteiger partial charge on any atom is -0.461 e. The highest BCUT2D eigenvalue weighted by atomic mass is 16.3. The Labute approximate surface area is 101 Å². The van der Waals surface area contributed by atoms with E-state index >= 15 is 0 Å². The molecule has 0 aliphatic heterocycles. The summed E-state index contributed by atoms with van der Waals surface area (Å²) in [5, 5.41) is 0.905. The van der Waals surface area contributed by atoms with Crippen LogP contribution in [0.2, 0.25) is 0 Å². The van der Waals surface area contributed by atoms with Crippen LogP contribution in [0.5, 0.6) is 0 Å². The second-order valence-corrected chi connectivity index (χ2v) is 4.01. The Morgan fingerprint density at radius 1 is 1.24 bits per heavy atom. The topological polar surface area (TPSA) is 33.5 Å². The molecule has 1 aromatic carbocycles. The third kappa shape index (κ3) is 1.93. The Morgan fingerprint density at radius 3 is 2.53 bits per heavy atom. The van der Waals surface area contributed by atoms with E-state index in [2.05, 4.69) is 0 Å². The van der Waals surface area contributed by atoms with Gasteiger partial charge in [-0.3, -0.25) is 4.79 Å². The summed E-state index contributed by atoms with van der Waals surface area (Å²) < 4.78 is 5.61. The minimum absolute atomic E-state index is 0.0532. The van der Waals surface area contributed by atoms with Gasteiger partial charge in [0.2, 0.25) is 0 Å². The predicted molar refractivity (Wildman–Crippen MR) is 68.2 cm³/mol. The van der Waals surface area contributed by atoms with Crippen molar-refractivity contribution in [1.29, 1.82) is 0 Å². The van der Waals surface area contributed by atoms with Crippen molar-refractivity contribution in [2.45, 2.75) is 20.8 Å². The van der Waals surface area contributed by atoms with Gasteiger partial charge in [-0.05, 0) is 26.8 Å². The van der Waals surface area contributed by atoms with Gasteiger partial charge in [0.05, 0.1) is 5.56 Å². The van der Waals surface area contributed by atoms with Crippen LogP contribution < -0.4 is 0 Å². The van der Waals surface area contributed by atoms with Crippen LogP contribution in [0.3, 0.4) is 0 Å². The fraction of sp³-hybridized carbons (Fsp3) is 0.357. The Balaban J connectivity index is 2.54. The Morgan fingerprint density at radius 2 is 1.88 bits per heavy atom. The molecule has 2 aromatic rings. The lowest BCUT2D eigenvalue weighted by Gasteiger charge is -2.18. The molecule has 0 saturated carbocycles. The van der Waals surface area contributed by atoms with Crippen molar-refractivity contribution < 1.29 is 9.21 Å². The minimum atomic E-state index is 0.0532. The van der Waals surface area contributed by atoms with E-state index in [1.807, 2.05) is 49.9 Å². The van der Waals surface area contributed by atoms with Gasteiger partial charge in [0.25, 0.3) is 5.91 Å². The van der Waals surface area contributed by atoms with Crippen molar-refractivity contribution in [2.24, 2.45) is 0 Å². The summed E-state index contributed by atoms with van der Waals surface area (Å²) in [6.45, 7) is 7.25. The molecule has 1 amide bonds. The van der Waals surface area contributed by atoms with Gasteiger partial charge >= 0.3 is 0 Å². The number of aryl methyl sites for hydroxylation is 1. The quantitative estimate of drug-likeness (QED) is 0.812. The van der Waals surface area contributed by atoms with E-state index in [0.29, 0.717) is 24.4 Å². The number of rotatable bonds is 3. The molecule has 3 heteroatoms. The number of fused-ring (bicyclic) bond motifs is 1. The maximum atomic E-state index is 12.4. The number of hydrogen-bond acceptors (Lipinski definition) is 2. The molecule has 90 valence electrons. The molecular weight excluding hydrogens is 214 g/mol. The average Bonchev–Trinajstić information content (AvgIpc) is 2.66. The number of hydrogen-bond donors (Lipinski definition) is 0. The molecule has 1 heterocycles. The number of nitrogens with zero attached hydrogens (tertiary/aromatic N) is 1.